The summed E-state index contributed by atoms with van der Waals surface area (Å²) in [7, 11) is 0. The van der Waals surface area contributed by atoms with Crippen molar-refractivity contribution < 1.29 is 14.3 Å². The van der Waals surface area contributed by atoms with Gasteiger partial charge in [0.2, 0.25) is 0 Å². The standard InChI is InChI=1S/C16H14ClFN2O2/c1-16(18)8-20(9-16)13-6-5-12(15(21)22)19-14(13)10-3-2-4-11(17)7-10/h2-7H,8-9H2,1H3,(H,21,22). The second-order valence-electron chi connectivity index (χ2n) is 5.65. The number of nitrogens with zero attached hydrogens (tertiary/aromatic N) is 2. The molecule has 6 heteroatoms. The first kappa shape index (κ1) is 14.8. The van der Waals surface area contributed by atoms with Gasteiger partial charge in [-0.05, 0) is 31.2 Å². The molecule has 0 atom stereocenters. The molecule has 0 radical (unpaired) electrons. The summed E-state index contributed by atoms with van der Waals surface area (Å²) < 4.78 is 13.8. The van der Waals surface area contributed by atoms with Crippen LogP contribution >= 0.6 is 11.6 Å². The number of aromatic nitrogens is 1. The van der Waals surface area contributed by atoms with E-state index in [0.717, 1.165) is 0 Å². The number of benzene rings is 1. The molecule has 22 heavy (non-hydrogen) atoms. The molecule has 2 aromatic rings. The highest BCUT2D eigenvalue weighted by Crippen LogP contribution is 2.37. The molecular weight excluding hydrogens is 307 g/mol. The van der Waals surface area contributed by atoms with Crippen molar-refractivity contribution in [3.8, 4) is 11.3 Å². The van der Waals surface area contributed by atoms with Crippen LogP contribution < -0.4 is 4.90 Å². The molecule has 1 N–H and O–H groups in total. The maximum absolute atomic E-state index is 13.8. The van der Waals surface area contributed by atoms with Crippen LogP contribution in [0.25, 0.3) is 11.3 Å². The van der Waals surface area contributed by atoms with E-state index in [0.29, 0.717) is 22.0 Å². The Morgan fingerprint density at radius 1 is 1.36 bits per heavy atom. The van der Waals surface area contributed by atoms with Gasteiger partial charge in [-0.15, -0.1) is 0 Å². The maximum atomic E-state index is 13.8. The van der Waals surface area contributed by atoms with Crippen LogP contribution in [0.15, 0.2) is 36.4 Å². The highest BCUT2D eigenvalue weighted by Gasteiger charge is 2.40. The smallest absolute Gasteiger partial charge is 0.354 e. The summed E-state index contributed by atoms with van der Waals surface area (Å²) in [5.74, 6) is -1.10. The van der Waals surface area contributed by atoms with Crippen LogP contribution in [0.3, 0.4) is 0 Å². The summed E-state index contributed by atoms with van der Waals surface area (Å²) in [4.78, 5) is 17.2. The summed E-state index contributed by atoms with van der Waals surface area (Å²) >= 11 is 6.00. The highest BCUT2D eigenvalue weighted by atomic mass is 35.5. The second kappa shape index (κ2) is 5.25. The molecule has 1 saturated heterocycles. The van der Waals surface area contributed by atoms with E-state index in [4.69, 9.17) is 16.7 Å². The van der Waals surface area contributed by atoms with Crippen molar-refractivity contribution in [1.82, 2.24) is 4.98 Å². The largest absolute Gasteiger partial charge is 0.477 e. The number of carbonyl (C=O) groups is 1. The van der Waals surface area contributed by atoms with Gasteiger partial charge in [0.15, 0.2) is 0 Å². The average Bonchev–Trinajstić information content (AvgIpc) is 2.44. The summed E-state index contributed by atoms with van der Waals surface area (Å²) in [6.45, 7) is 2.06. The van der Waals surface area contributed by atoms with Crippen molar-refractivity contribution in [2.75, 3.05) is 18.0 Å². The normalized spacial score (nSPS) is 16.2. The van der Waals surface area contributed by atoms with Crippen molar-refractivity contribution in [2.45, 2.75) is 12.6 Å². The summed E-state index contributed by atoms with van der Waals surface area (Å²) in [5, 5.41) is 9.66. The van der Waals surface area contributed by atoms with Gasteiger partial charge in [-0.25, -0.2) is 14.2 Å². The number of alkyl halides is 1. The molecule has 1 fully saturated rings. The Balaban J connectivity index is 2.08. The molecule has 0 amide bonds. The van der Waals surface area contributed by atoms with Crippen molar-refractivity contribution >= 4 is 23.3 Å². The third-order valence-corrected chi connectivity index (χ3v) is 3.81. The number of rotatable bonds is 3. The van der Waals surface area contributed by atoms with E-state index in [1.807, 2.05) is 4.90 Å². The molecule has 0 saturated carbocycles. The summed E-state index contributed by atoms with van der Waals surface area (Å²) in [6, 6.07) is 10.1. The van der Waals surface area contributed by atoms with Crippen molar-refractivity contribution in [1.29, 1.82) is 0 Å². The summed E-state index contributed by atoms with van der Waals surface area (Å²) in [5.41, 5.74) is 0.637. The minimum atomic E-state index is -1.23. The summed E-state index contributed by atoms with van der Waals surface area (Å²) in [6.07, 6.45) is 0. The van der Waals surface area contributed by atoms with Crippen LogP contribution in [0.1, 0.15) is 17.4 Å². The third-order valence-electron chi connectivity index (χ3n) is 3.57. The van der Waals surface area contributed by atoms with Gasteiger partial charge >= 0.3 is 5.97 Å². The SMILES string of the molecule is CC1(F)CN(c2ccc(C(=O)O)nc2-c2cccc(Cl)c2)C1. The maximum Gasteiger partial charge on any atom is 0.354 e. The number of carboxylic acid groups (broad SMARTS) is 1. The van der Waals surface area contributed by atoms with E-state index in [-0.39, 0.29) is 18.8 Å². The minimum absolute atomic E-state index is 0.0535. The van der Waals surface area contributed by atoms with Crippen LogP contribution in [0.2, 0.25) is 5.02 Å². The Morgan fingerprint density at radius 3 is 2.68 bits per heavy atom. The zero-order valence-electron chi connectivity index (χ0n) is 11.9. The Kier molecular flexibility index (Phi) is 3.53. The fourth-order valence-corrected chi connectivity index (χ4v) is 2.78. The predicted octanol–water partition coefficient (Wildman–Crippen LogP) is 3.65. The van der Waals surface area contributed by atoms with E-state index in [1.54, 1.807) is 37.3 Å². The van der Waals surface area contributed by atoms with Gasteiger partial charge in [0.25, 0.3) is 0 Å². The number of aromatic carboxylic acids is 1. The molecule has 1 aliphatic rings. The van der Waals surface area contributed by atoms with Gasteiger partial charge in [0, 0.05) is 10.6 Å². The van der Waals surface area contributed by atoms with E-state index < -0.39 is 11.6 Å². The minimum Gasteiger partial charge on any atom is -0.477 e. The Morgan fingerprint density at radius 2 is 2.09 bits per heavy atom. The van der Waals surface area contributed by atoms with Gasteiger partial charge in [-0.2, -0.15) is 0 Å². The lowest BCUT2D eigenvalue weighted by Gasteiger charge is -2.44. The van der Waals surface area contributed by atoms with Gasteiger partial charge in [-0.1, -0.05) is 23.7 Å². The molecule has 1 aromatic heterocycles. The topological polar surface area (TPSA) is 53.4 Å². The van der Waals surface area contributed by atoms with Gasteiger partial charge in [0.05, 0.1) is 24.5 Å². The van der Waals surface area contributed by atoms with E-state index in [9.17, 15) is 9.18 Å². The molecule has 3 rings (SSSR count). The fourth-order valence-electron chi connectivity index (χ4n) is 2.59. The first-order valence-corrected chi connectivity index (χ1v) is 7.18. The van der Waals surface area contributed by atoms with Crippen LogP contribution in [0, 0.1) is 0 Å². The second-order valence-corrected chi connectivity index (χ2v) is 6.09. The number of hydrogen-bond acceptors (Lipinski definition) is 3. The lowest BCUT2D eigenvalue weighted by molar-refractivity contribution is 0.0690. The molecule has 1 aromatic carbocycles. The van der Waals surface area contributed by atoms with E-state index in [2.05, 4.69) is 4.98 Å². The van der Waals surface area contributed by atoms with Crippen LogP contribution in [-0.2, 0) is 0 Å². The Hall–Kier alpha value is -2.14. The lowest BCUT2D eigenvalue weighted by atomic mass is 9.96. The van der Waals surface area contributed by atoms with Crippen LogP contribution in [0.5, 0.6) is 0 Å². The monoisotopic (exact) mass is 320 g/mol. The third kappa shape index (κ3) is 2.76. The predicted molar refractivity (Wildman–Crippen MR) is 83.4 cm³/mol. The highest BCUT2D eigenvalue weighted by molar-refractivity contribution is 6.30. The Labute approximate surface area is 132 Å². The molecule has 0 bridgehead atoms. The molecular formula is C16H14ClFN2O2. The molecule has 0 unspecified atom stereocenters. The van der Waals surface area contributed by atoms with E-state index in [1.165, 1.54) is 6.07 Å². The molecule has 1 aliphatic heterocycles. The van der Waals surface area contributed by atoms with Gasteiger partial charge in [-0.3, -0.25) is 0 Å². The number of halogens is 2. The first-order valence-electron chi connectivity index (χ1n) is 6.80. The van der Waals surface area contributed by atoms with Gasteiger partial charge in [0.1, 0.15) is 11.4 Å². The lowest BCUT2D eigenvalue weighted by Crippen LogP contribution is -2.57. The molecule has 0 aliphatic carbocycles. The van der Waals surface area contributed by atoms with E-state index >= 15 is 0 Å². The van der Waals surface area contributed by atoms with Crippen molar-refractivity contribution in [3.05, 3.63) is 47.1 Å². The quantitative estimate of drug-likeness (QED) is 0.938. The van der Waals surface area contributed by atoms with Crippen LogP contribution in [-0.4, -0.2) is 34.8 Å². The zero-order valence-corrected chi connectivity index (χ0v) is 12.6. The molecule has 114 valence electrons. The van der Waals surface area contributed by atoms with Gasteiger partial charge < -0.3 is 10.0 Å². The molecule has 2 heterocycles. The molecule has 0 spiro atoms. The fraction of sp³-hybridized carbons (Fsp3) is 0.250. The Bertz CT molecular complexity index is 741. The number of hydrogen-bond donors (Lipinski definition) is 1. The van der Waals surface area contributed by atoms with Crippen LogP contribution in [0.4, 0.5) is 10.1 Å². The first-order chi connectivity index (χ1) is 10.4. The van der Waals surface area contributed by atoms with Crippen molar-refractivity contribution in [2.24, 2.45) is 0 Å². The number of anilines is 1. The zero-order chi connectivity index (χ0) is 15.9. The number of pyridine rings is 1. The molecule has 4 nitrogen and oxygen atoms in total. The number of carboxylic acids is 1. The average molecular weight is 321 g/mol. The van der Waals surface area contributed by atoms with Crippen molar-refractivity contribution in [3.63, 3.8) is 0 Å².